The van der Waals surface area contributed by atoms with Gasteiger partial charge >= 0.3 is 0 Å². The van der Waals surface area contributed by atoms with Crippen molar-refractivity contribution in [3.05, 3.63) is 42.0 Å². The number of fused-ring (bicyclic) bond motifs is 2. The Morgan fingerprint density at radius 3 is 3.18 bits per heavy atom. The van der Waals surface area contributed by atoms with Crippen LogP contribution in [-0.2, 0) is 11.8 Å². The Bertz CT molecular complexity index is 1280. The van der Waals surface area contributed by atoms with E-state index in [1.54, 1.807) is 24.7 Å². The summed E-state index contributed by atoms with van der Waals surface area (Å²) < 4.78 is 41.1. The molecule has 0 spiro atoms. The van der Waals surface area contributed by atoms with Gasteiger partial charge in [-0.3, -0.25) is 9.48 Å². The van der Waals surface area contributed by atoms with Crippen LogP contribution in [0.2, 0.25) is 0 Å². The van der Waals surface area contributed by atoms with Crippen molar-refractivity contribution in [3.63, 3.8) is 0 Å². The number of rotatable bonds is 5. The highest BCUT2D eigenvalue weighted by Crippen LogP contribution is 2.28. The SMILES string of the molecule is [2H]C([2H])([2H])OC[C@H](C)NC(=O)c1c[nH]c2ncc(-c3nn(C)c4cc(F)ccc34)nc12. The van der Waals surface area contributed by atoms with Gasteiger partial charge in [0.25, 0.3) is 5.91 Å². The van der Waals surface area contributed by atoms with Gasteiger partial charge in [0.05, 0.1) is 28.0 Å². The van der Waals surface area contributed by atoms with Crippen LogP contribution in [-0.4, -0.2) is 50.3 Å². The van der Waals surface area contributed by atoms with Gasteiger partial charge in [0.15, 0.2) is 5.65 Å². The molecule has 0 bridgehead atoms. The third kappa shape index (κ3) is 3.09. The predicted molar refractivity (Wildman–Crippen MR) is 102 cm³/mol. The first-order chi connectivity index (χ1) is 14.6. The number of methoxy groups -OCH3 is 1. The summed E-state index contributed by atoms with van der Waals surface area (Å²) in [4.78, 5) is 24.5. The predicted octanol–water partition coefficient (Wildman–Crippen LogP) is 2.42. The number of aromatic amines is 1. The Hall–Kier alpha value is -3.33. The van der Waals surface area contributed by atoms with Gasteiger partial charge in [0, 0.05) is 31.7 Å². The molecule has 4 aromatic rings. The first-order valence-electron chi connectivity index (χ1n) is 10.0. The van der Waals surface area contributed by atoms with Crippen molar-refractivity contribution in [2.45, 2.75) is 13.0 Å². The number of carbonyl (C=O) groups is 1. The fourth-order valence-electron chi connectivity index (χ4n) is 3.07. The van der Waals surface area contributed by atoms with Crippen molar-refractivity contribution in [2.75, 3.05) is 13.6 Å². The molecule has 0 aliphatic heterocycles. The summed E-state index contributed by atoms with van der Waals surface area (Å²) in [5.41, 5.74) is 2.53. The van der Waals surface area contributed by atoms with Crippen LogP contribution in [0.15, 0.2) is 30.6 Å². The van der Waals surface area contributed by atoms with Crippen molar-refractivity contribution in [2.24, 2.45) is 7.05 Å². The van der Waals surface area contributed by atoms with Gasteiger partial charge < -0.3 is 15.0 Å². The van der Waals surface area contributed by atoms with E-state index in [1.807, 2.05) is 0 Å². The number of carbonyl (C=O) groups excluding carboxylic acids is 1. The molecule has 0 saturated heterocycles. The first kappa shape index (κ1) is 14.7. The number of nitrogens with zero attached hydrogens (tertiary/aromatic N) is 4. The van der Waals surface area contributed by atoms with Crippen LogP contribution in [0.1, 0.15) is 21.4 Å². The fraction of sp³-hybridized carbons (Fsp3) is 0.263. The number of amides is 1. The third-order valence-electron chi connectivity index (χ3n) is 4.39. The van der Waals surface area contributed by atoms with E-state index in [0.717, 1.165) is 0 Å². The molecule has 144 valence electrons. The maximum absolute atomic E-state index is 13.6. The molecule has 1 aromatic carbocycles. The zero-order valence-electron chi connectivity index (χ0n) is 18.2. The Labute approximate surface area is 164 Å². The molecule has 28 heavy (non-hydrogen) atoms. The van der Waals surface area contributed by atoms with Crippen LogP contribution in [0.3, 0.4) is 0 Å². The standard InChI is InChI=1S/C19H19FN6O2/c1-10(9-28-3)23-19(27)13-7-21-18-17(13)24-14(8-22-18)16-12-5-4-11(20)6-15(12)26(2)25-16/h4-8,10H,9H2,1-3H3,(H,21,22)(H,23,27)/t10-/m0/s1/i3D3. The monoisotopic (exact) mass is 385 g/mol. The number of nitrogens with one attached hydrogen (secondary N) is 2. The van der Waals surface area contributed by atoms with Gasteiger partial charge in [-0.05, 0) is 25.1 Å². The van der Waals surface area contributed by atoms with Crippen LogP contribution in [0.25, 0.3) is 33.5 Å². The maximum Gasteiger partial charge on any atom is 0.255 e. The molecule has 3 aromatic heterocycles. The Kier molecular flexibility index (Phi) is 3.68. The number of halogens is 1. The summed E-state index contributed by atoms with van der Waals surface area (Å²) in [6.07, 6.45) is 3.01. The van der Waals surface area contributed by atoms with E-state index in [9.17, 15) is 9.18 Å². The summed E-state index contributed by atoms with van der Waals surface area (Å²) in [5, 5.41) is 7.82. The van der Waals surface area contributed by atoms with Crippen molar-refractivity contribution in [1.29, 1.82) is 0 Å². The van der Waals surface area contributed by atoms with Gasteiger partial charge in [0.1, 0.15) is 22.7 Å². The minimum Gasteiger partial charge on any atom is -0.383 e. The van der Waals surface area contributed by atoms with Crippen LogP contribution < -0.4 is 5.32 Å². The van der Waals surface area contributed by atoms with Gasteiger partial charge in [-0.25, -0.2) is 14.4 Å². The summed E-state index contributed by atoms with van der Waals surface area (Å²) in [6, 6.07) is 3.81. The second-order valence-electron chi connectivity index (χ2n) is 6.47. The number of hydrogen-bond donors (Lipinski definition) is 2. The van der Waals surface area contributed by atoms with E-state index in [2.05, 4.69) is 25.4 Å². The molecule has 1 amide bonds. The van der Waals surface area contributed by atoms with E-state index in [-0.39, 0.29) is 18.0 Å². The molecular weight excluding hydrogens is 363 g/mol. The molecule has 2 N–H and O–H groups in total. The quantitative estimate of drug-likeness (QED) is 0.550. The van der Waals surface area contributed by atoms with Gasteiger partial charge in [0.2, 0.25) is 0 Å². The largest absolute Gasteiger partial charge is 0.383 e. The van der Waals surface area contributed by atoms with Crippen molar-refractivity contribution in [1.82, 2.24) is 30.0 Å². The summed E-state index contributed by atoms with van der Waals surface area (Å²) in [5.74, 6) is -0.822. The normalized spacial score (nSPS) is 14.6. The second-order valence-corrected chi connectivity index (χ2v) is 6.47. The van der Waals surface area contributed by atoms with E-state index in [1.165, 1.54) is 24.5 Å². The number of benzene rings is 1. The van der Waals surface area contributed by atoms with Crippen LogP contribution >= 0.6 is 0 Å². The van der Waals surface area contributed by atoms with Gasteiger partial charge in [-0.2, -0.15) is 5.10 Å². The van der Waals surface area contributed by atoms with E-state index < -0.39 is 19.0 Å². The van der Waals surface area contributed by atoms with Crippen molar-refractivity contribution >= 4 is 28.0 Å². The molecule has 8 nitrogen and oxygen atoms in total. The molecule has 0 aliphatic rings. The third-order valence-corrected chi connectivity index (χ3v) is 4.39. The van der Waals surface area contributed by atoms with E-state index >= 15 is 0 Å². The molecule has 9 heteroatoms. The number of hydrogen-bond acceptors (Lipinski definition) is 5. The highest BCUT2D eigenvalue weighted by Gasteiger charge is 2.19. The van der Waals surface area contributed by atoms with Crippen molar-refractivity contribution < 1.29 is 18.0 Å². The van der Waals surface area contributed by atoms with Gasteiger partial charge in [-0.15, -0.1) is 0 Å². The minimum atomic E-state index is -2.53. The lowest BCUT2D eigenvalue weighted by atomic mass is 10.1. The highest BCUT2D eigenvalue weighted by atomic mass is 19.1. The zero-order chi connectivity index (χ0) is 22.3. The molecule has 0 aliphatic carbocycles. The van der Waals surface area contributed by atoms with E-state index in [4.69, 9.17) is 8.85 Å². The van der Waals surface area contributed by atoms with Crippen LogP contribution in [0.5, 0.6) is 0 Å². The number of H-pyrrole nitrogens is 1. The number of aryl methyl sites for hydroxylation is 1. The van der Waals surface area contributed by atoms with Crippen molar-refractivity contribution in [3.8, 4) is 11.4 Å². The second kappa shape index (κ2) is 7.01. The lowest BCUT2D eigenvalue weighted by Gasteiger charge is -2.11. The molecule has 3 heterocycles. The molecule has 0 fully saturated rings. The molecule has 4 rings (SSSR count). The Balaban J connectivity index is 1.65. The van der Waals surface area contributed by atoms with Crippen LogP contribution in [0, 0.1) is 5.82 Å². The molecule has 1 atom stereocenters. The molecule has 0 unspecified atom stereocenters. The molecule has 0 radical (unpaired) electrons. The number of aromatic nitrogens is 5. The maximum atomic E-state index is 13.6. The van der Waals surface area contributed by atoms with E-state index in [0.29, 0.717) is 33.5 Å². The lowest BCUT2D eigenvalue weighted by molar-refractivity contribution is 0.0907. The summed E-state index contributed by atoms with van der Waals surface area (Å²) >= 11 is 0. The minimum absolute atomic E-state index is 0.169. The Morgan fingerprint density at radius 2 is 2.36 bits per heavy atom. The highest BCUT2D eigenvalue weighted by molar-refractivity contribution is 6.05. The van der Waals surface area contributed by atoms with Gasteiger partial charge in [-0.1, -0.05) is 0 Å². The first-order valence-corrected chi connectivity index (χ1v) is 8.54. The average molecular weight is 385 g/mol. The fourth-order valence-corrected chi connectivity index (χ4v) is 3.07. The number of ether oxygens (including phenoxy) is 1. The zero-order valence-corrected chi connectivity index (χ0v) is 15.2. The summed E-state index contributed by atoms with van der Waals surface area (Å²) in [6.45, 7) is 1.47. The lowest BCUT2D eigenvalue weighted by Crippen LogP contribution is -2.35. The topological polar surface area (TPSA) is 97.7 Å². The average Bonchev–Trinajstić information content (AvgIpc) is 3.26. The Morgan fingerprint density at radius 1 is 1.50 bits per heavy atom. The summed E-state index contributed by atoms with van der Waals surface area (Å²) in [7, 11) is -0.830. The molecule has 0 saturated carbocycles. The van der Waals surface area contributed by atoms with Crippen LogP contribution in [0.4, 0.5) is 4.39 Å². The smallest absolute Gasteiger partial charge is 0.255 e. The molecular formula is C19H19FN6O2.